The number of carbonyl (C=O) groups excluding carboxylic acids is 1. The molecule has 0 saturated carbocycles. The topological polar surface area (TPSA) is 66.4 Å². The summed E-state index contributed by atoms with van der Waals surface area (Å²) in [7, 11) is 0. The van der Waals surface area contributed by atoms with Gasteiger partial charge < -0.3 is 10.4 Å². The van der Waals surface area contributed by atoms with E-state index in [2.05, 4.69) is 5.32 Å². The van der Waals surface area contributed by atoms with Crippen LogP contribution in [0.4, 0.5) is 0 Å². The molecule has 0 spiro atoms. The highest BCUT2D eigenvalue weighted by atomic mass is 16.4. The molecule has 4 heteroatoms. The molecular weight excluding hydrogens is 314 g/mol. The molecule has 0 fully saturated rings. The van der Waals surface area contributed by atoms with E-state index < -0.39 is 11.5 Å². The molecule has 2 aromatic rings. The number of hydrogen-bond acceptors (Lipinski definition) is 2. The molecule has 1 aliphatic rings. The number of carbonyl (C=O) groups is 2. The number of allylic oxidation sites excluding steroid dienone is 1. The van der Waals surface area contributed by atoms with Gasteiger partial charge in [-0.2, -0.15) is 0 Å². The van der Waals surface area contributed by atoms with Gasteiger partial charge in [-0.05, 0) is 42.2 Å². The monoisotopic (exact) mass is 335 g/mol. The summed E-state index contributed by atoms with van der Waals surface area (Å²) in [6.45, 7) is 3.82. The van der Waals surface area contributed by atoms with Crippen LogP contribution >= 0.6 is 0 Å². The van der Waals surface area contributed by atoms with Crippen molar-refractivity contribution in [3.05, 3.63) is 76.4 Å². The van der Waals surface area contributed by atoms with Crippen LogP contribution < -0.4 is 5.32 Å². The van der Waals surface area contributed by atoms with E-state index in [0.717, 1.165) is 22.3 Å². The van der Waals surface area contributed by atoms with Crippen molar-refractivity contribution in [3.63, 3.8) is 0 Å². The Bertz CT molecular complexity index is 842. The van der Waals surface area contributed by atoms with Crippen LogP contribution in [0.1, 0.15) is 39.5 Å². The van der Waals surface area contributed by atoms with Crippen LogP contribution in [-0.4, -0.2) is 22.5 Å². The fraction of sp³-hybridized carbons (Fsp3) is 0.238. The first-order valence-corrected chi connectivity index (χ1v) is 8.32. The molecule has 25 heavy (non-hydrogen) atoms. The van der Waals surface area contributed by atoms with E-state index in [9.17, 15) is 14.7 Å². The van der Waals surface area contributed by atoms with Gasteiger partial charge in [0.15, 0.2) is 0 Å². The zero-order valence-electron chi connectivity index (χ0n) is 14.4. The van der Waals surface area contributed by atoms with Gasteiger partial charge in [-0.25, -0.2) is 4.79 Å². The molecule has 1 aliphatic carbocycles. The van der Waals surface area contributed by atoms with Crippen LogP contribution in [-0.2, 0) is 17.6 Å². The van der Waals surface area contributed by atoms with E-state index in [0.29, 0.717) is 18.4 Å². The predicted molar refractivity (Wildman–Crippen MR) is 97.6 cm³/mol. The molecule has 2 N–H and O–H groups in total. The number of aliphatic carboxylic acids is 1. The lowest BCUT2D eigenvalue weighted by molar-refractivity contribution is -0.144. The lowest BCUT2D eigenvalue weighted by atomic mass is 9.94. The quantitative estimate of drug-likeness (QED) is 0.900. The van der Waals surface area contributed by atoms with Crippen LogP contribution in [0.25, 0.3) is 6.08 Å². The SMILES string of the molecule is C/C=C/c1c(C)cccc1C(=O)NC1(C(=O)O)Cc2ccccc2C1. The minimum Gasteiger partial charge on any atom is -0.479 e. The molecule has 3 rings (SSSR count). The summed E-state index contributed by atoms with van der Waals surface area (Å²) in [5, 5.41) is 12.6. The number of carboxylic acid groups (broad SMARTS) is 1. The van der Waals surface area contributed by atoms with Gasteiger partial charge in [0, 0.05) is 18.4 Å². The van der Waals surface area contributed by atoms with E-state index in [4.69, 9.17) is 0 Å². The van der Waals surface area contributed by atoms with Gasteiger partial charge in [-0.15, -0.1) is 0 Å². The first-order chi connectivity index (χ1) is 12.0. The Morgan fingerprint density at radius 2 is 1.72 bits per heavy atom. The highest BCUT2D eigenvalue weighted by Gasteiger charge is 2.45. The molecule has 2 aromatic carbocycles. The number of nitrogens with one attached hydrogen (secondary N) is 1. The van der Waals surface area contributed by atoms with Crippen molar-refractivity contribution in [2.45, 2.75) is 32.2 Å². The van der Waals surface area contributed by atoms with Crippen LogP contribution in [0.5, 0.6) is 0 Å². The van der Waals surface area contributed by atoms with Crippen molar-refractivity contribution in [1.29, 1.82) is 0 Å². The Labute approximate surface area is 147 Å². The summed E-state index contributed by atoms with van der Waals surface area (Å²) >= 11 is 0. The Hall–Kier alpha value is -2.88. The highest BCUT2D eigenvalue weighted by Crippen LogP contribution is 2.31. The number of fused-ring (bicyclic) bond motifs is 1. The van der Waals surface area contributed by atoms with Crippen LogP contribution in [0.15, 0.2) is 48.5 Å². The molecule has 4 nitrogen and oxygen atoms in total. The third kappa shape index (κ3) is 3.07. The fourth-order valence-electron chi connectivity index (χ4n) is 3.46. The maximum atomic E-state index is 12.9. The van der Waals surface area contributed by atoms with Crippen LogP contribution in [0, 0.1) is 6.92 Å². The predicted octanol–water partition coefficient (Wildman–Crippen LogP) is 3.38. The molecular formula is C21H21NO3. The van der Waals surface area contributed by atoms with Crippen molar-refractivity contribution in [2.75, 3.05) is 0 Å². The first-order valence-electron chi connectivity index (χ1n) is 8.32. The smallest absolute Gasteiger partial charge is 0.330 e. The number of amides is 1. The Morgan fingerprint density at radius 3 is 2.28 bits per heavy atom. The molecule has 0 bridgehead atoms. The van der Waals surface area contributed by atoms with E-state index in [1.54, 1.807) is 6.07 Å². The molecule has 0 aliphatic heterocycles. The number of rotatable bonds is 4. The Morgan fingerprint density at radius 1 is 1.08 bits per heavy atom. The van der Waals surface area contributed by atoms with Crippen molar-refractivity contribution >= 4 is 18.0 Å². The van der Waals surface area contributed by atoms with Gasteiger partial charge in [-0.3, -0.25) is 4.79 Å². The number of carboxylic acids is 1. The maximum Gasteiger partial charge on any atom is 0.330 e. The molecule has 0 saturated heterocycles. The van der Waals surface area contributed by atoms with E-state index in [1.165, 1.54) is 0 Å². The van der Waals surface area contributed by atoms with E-state index >= 15 is 0 Å². The summed E-state index contributed by atoms with van der Waals surface area (Å²) in [5.41, 5.74) is 2.95. The van der Waals surface area contributed by atoms with Gasteiger partial charge in [0.05, 0.1) is 0 Å². The van der Waals surface area contributed by atoms with Gasteiger partial charge in [-0.1, -0.05) is 48.6 Å². The molecule has 128 valence electrons. The molecule has 0 atom stereocenters. The van der Waals surface area contributed by atoms with Crippen molar-refractivity contribution < 1.29 is 14.7 Å². The van der Waals surface area contributed by atoms with Gasteiger partial charge in [0.2, 0.25) is 0 Å². The summed E-state index contributed by atoms with van der Waals surface area (Å²) in [4.78, 5) is 24.9. The summed E-state index contributed by atoms with van der Waals surface area (Å²) in [6.07, 6.45) is 4.35. The molecule has 0 unspecified atom stereocenters. The minimum absolute atomic E-state index is 0.301. The van der Waals surface area contributed by atoms with E-state index in [-0.39, 0.29) is 5.91 Å². The number of aryl methyl sites for hydroxylation is 1. The van der Waals surface area contributed by atoms with Crippen molar-refractivity contribution in [2.24, 2.45) is 0 Å². The summed E-state index contributed by atoms with van der Waals surface area (Å²) < 4.78 is 0. The van der Waals surface area contributed by atoms with Crippen LogP contribution in [0.3, 0.4) is 0 Å². The van der Waals surface area contributed by atoms with E-state index in [1.807, 2.05) is 62.4 Å². The van der Waals surface area contributed by atoms with Gasteiger partial charge in [0.25, 0.3) is 5.91 Å². The largest absolute Gasteiger partial charge is 0.479 e. The average molecular weight is 335 g/mol. The third-order valence-electron chi connectivity index (χ3n) is 4.77. The normalized spacial score (nSPS) is 15.1. The zero-order valence-corrected chi connectivity index (χ0v) is 14.4. The van der Waals surface area contributed by atoms with Gasteiger partial charge >= 0.3 is 5.97 Å². The molecule has 0 aromatic heterocycles. The minimum atomic E-state index is -1.29. The molecule has 0 heterocycles. The average Bonchev–Trinajstić information content (AvgIpc) is 2.96. The lowest BCUT2D eigenvalue weighted by Gasteiger charge is -2.26. The Balaban J connectivity index is 1.95. The fourth-order valence-corrected chi connectivity index (χ4v) is 3.46. The maximum absolute atomic E-state index is 12.9. The van der Waals surface area contributed by atoms with Crippen molar-refractivity contribution in [3.8, 4) is 0 Å². The highest BCUT2D eigenvalue weighted by molar-refractivity contribution is 6.01. The second kappa shape index (κ2) is 6.55. The lowest BCUT2D eigenvalue weighted by Crippen LogP contribution is -2.55. The first kappa shape index (κ1) is 17.0. The standard InChI is InChI=1S/C21H21NO3/c1-3-7-17-14(2)8-6-11-18(17)19(23)22-21(20(24)25)12-15-9-4-5-10-16(15)13-21/h3-11H,12-13H2,1-2H3,(H,22,23)(H,24,25)/b7-3+. The van der Waals surface area contributed by atoms with Crippen LogP contribution in [0.2, 0.25) is 0 Å². The number of hydrogen-bond donors (Lipinski definition) is 2. The summed E-state index contributed by atoms with van der Waals surface area (Å²) in [6, 6.07) is 13.1. The summed E-state index contributed by atoms with van der Waals surface area (Å²) in [5.74, 6) is -1.36. The van der Waals surface area contributed by atoms with Crippen molar-refractivity contribution in [1.82, 2.24) is 5.32 Å². The second-order valence-electron chi connectivity index (χ2n) is 6.50. The third-order valence-corrected chi connectivity index (χ3v) is 4.77. The van der Waals surface area contributed by atoms with Gasteiger partial charge in [0.1, 0.15) is 5.54 Å². The zero-order chi connectivity index (χ0) is 18.0. The molecule has 1 amide bonds. The number of benzene rings is 2. The molecule has 0 radical (unpaired) electrons. The Kier molecular flexibility index (Phi) is 4.45. The second-order valence-corrected chi connectivity index (χ2v) is 6.50.